The third kappa shape index (κ3) is 5.87. The summed E-state index contributed by atoms with van der Waals surface area (Å²) in [7, 11) is 0. The third-order valence-electron chi connectivity index (χ3n) is 5.13. The van der Waals surface area contributed by atoms with Crippen LogP contribution in [-0.2, 0) is 9.59 Å². The first kappa shape index (κ1) is 23.3. The van der Waals surface area contributed by atoms with Gasteiger partial charge in [0.1, 0.15) is 18.0 Å². The van der Waals surface area contributed by atoms with E-state index in [0.717, 1.165) is 5.56 Å². The van der Waals surface area contributed by atoms with Crippen LogP contribution in [0.15, 0.2) is 42.5 Å². The molecule has 0 spiro atoms. The molecule has 0 radical (unpaired) electrons. The SMILES string of the molecule is CC(C)CNC(=O)CN1C(=O)COc2ccc(C(=O)COc3cccc(C(C)C)c3)cc21. The number of Topliss-reactive ketones (excluding diaryl/α,β-unsaturated/α-hetero) is 1. The van der Waals surface area contributed by atoms with Crippen LogP contribution in [0.3, 0.4) is 0 Å². The van der Waals surface area contributed by atoms with Crippen LogP contribution in [0.4, 0.5) is 5.69 Å². The van der Waals surface area contributed by atoms with Gasteiger partial charge in [-0.25, -0.2) is 0 Å². The van der Waals surface area contributed by atoms with E-state index in [0.29, 0.717) is 41.1 Å². The predicted molar refractivity (Wildman–Crippen MR) is 122 cm³/mol. The molecule has 7 heteroatoms. The van der Waals surface area contributed by atoms with Crippen molar-refractivity contribution in [3.63, 3.8) is 0 Å². The Morgan fingerprint density at radius 2 is 1.91 bits per heavy atom. The van der Waals surface area contributed by atoms with E-state index in [-0.39, 0.29) is 37.4 Å². The summed E-state index contributed by atoms with van der Waals surface area (Å²) in [4.78, 5) is 38.8. The van der Waals surface area contributed by atoms with Crippen molar-refractivity contribution in [2.24, 2.45) is 5.92 Å². The van der Waals surface area contributed by atoms with Gasteiger partial charge in [-0.2, -0.15) is 0 Å². The molecule has 0 bridgehead atoms. The molecule has 0 unspecified atom stereocenters. The lowest BCUT2D eigenvalue weighted by Gasteiger charge is -2.29. The highest BCUT2D eigenvalue weighted by Gasteiger charge is 2.28. The van der Waals surface area contributed by atoms with E-state index in [1.54, 1.807) is 18.2 Å². The van der Waals surface area contributed by atoms with Gasteiger partial charge >= 0.3 is 0 Å². The summed E-state index contributed by atoms with van der Waals surface area (Å²) < 4.78 is 11.2. The molecule has 0 aliphatic carbocycles. The summed E-state index contributed by atoms with van der Waals surface area (Å²) >= 11 is 0. The standard InChI is InChI=1S/C25H30N2O5/c1-16(2)12-26-24(29)13-27-21-11-19(8-9-23(21)32-15-25(27)30)22(28)14-31-20-7-5-6-18(10-20)17(3)4/h5-11,16-17H,12-15H2,1-4H3,(H,26,29). The molecule has 2 aromatic rings. The summed E-state index contributed by atoms with van der Waals surface area (Å²) in [5, 5.41) is 2.81. The molecule has 0 atom stereocenters. The first-order valence-electron chi connectivity index (χ1n) is 10.8. The molecule has 1 aliphatic rings. The van der Waals surface area contributed by atoms with Crippen LogP contribution in [0.25, 0.3) is 0 Å². The van der Waals surface area contributed by atoms with E-state index < -0.39 is 0 Å². The molecule has 3 rings (SSSR count). The number of hydrogen-bond donors (Lipinski definition) is 1. The lowest BCUT2D eigenvalue weighted by Crippen LogP contribution is -2.45. The molecule has 2 amide bonds. The van der Waals surface area contributed by atoms with Crippen LogP contribution < -0.4 is 19.7 Å². The van der Waals surface area contributed by atoms with Crippen LogP contribution in [0.2, 0.25) is 0 Å². The van der Waals surface area contributed by atoms with Crippen LogP contribution in [0.5, 0.6) is 11.5 Å². The topological polar surface area (TPSA) is 84.9 Å². The molecule has 170 valence electrons. The molecule has 0 fully saturated rings. The van der Waals surface area contributed by atoms with Crippen molar-refractivity contribution in [1.82, 2.24) is 5.32 Å². The average molecular weight is 439 g/mol. The number of hydrogen-bond acceptors (Lipinski definition) is 5. The van der Waals surface area contributed by atoms with Crippen molar-refractivity contribution < 1.29 is 23.9 Å². The number of ketones is 1. The molecule has 7 nitrogen and oxygen atoms in total. The molecule has 0 saturated carbocycles. The van der Waals surface area contributed by atoms with Gasteiger partial charge < -0.3 is 14.8 Å². The monoisotopic (exact) mass is 438 g/mol. The van der Waals surface area contributed by atoms with Crippen LogP contribution >= 0.6 is 0 Å². The Balaban J connectivity index is 1.72. The number of anilines is 1. The van der Waals surface area contributed by atoms with Crippen molar-refractivity contribution >= 4 is 23.3 Å². The Hall–Kier alpha value is -3.35. The number of benzene rings is 2. The van der Waals surface area contributed by atoms with E-state index in [1.165, 1.54) is 4.90 Å². The highest BCUT2D eigenvalue weighted by Crippen LogP contribution is 2.33. The summed E-state index contributed by atoms with van der Waals surface area (Å²) in [6.07, 6.45) is 0. The van der Waals surface area contributed by atoms with Crippen molar-refractivity contribution in [1.29, 1.82) is 0 Å². The first-order chi connectivity index (χ1) is 15.2. The number of nitrogens with zero attached hydrogens (tertiary/aromatic N) is 1. The fraction of sp³-hybridized carbons (Fsp3) is 0.400. The highest BCUT2D eigenvalue weighted by molar-refractivity contribution is 6.04. The molecular formula is C25H30N2O5. The third-order valence-corrected chi connectivity index (χ3v) is 5.13. The number of nitrogens with one attached hydrogen (secondary N) is 1. The van der Waals surface area contributed by atoms with Gasteiger partial charge in [0.25, 0.3) is 5.91 Å². The van der Waals surface area contributed by atoms with Gasteiger partial charge in [0.05, 0.1) is 5.69 Å². The molecule has 0 aromatic heterocycles. The fourth-order valence-corrected chi connectivity index (χ4v) is 3.26. The van der Waals surface area contributed by atoms with E-state index in [9.17, 15) is 14.4 Å². The summed E-state index contributed by atoms with van der Waals surface area (Å²) in [6.45, 7) is 8.29. The van der Waals surface area contributed by atoms with Crippen LogP contribution in [0, 0.1) is 5.92 Å². The second-order valence-electron chi connectivity index (χ2n) is 8.59. The number of fused-ring (bicyclic) bond motifs is 1. The minimum atomic E-state index is -0.330. The number of carbonyl (C=O) groups is 3. The number of carbonyl (C=O) groups excluding carboxylic acids is 3. The maximum atomic E-state index is 12.8. The van der Waals surface area contributed by atoms with Crippen molar-refractivity contribution in [2.45, 2.75) is 33.6 Å². The molecule has 0 saturated heterocycles. The van der Waals surface area contributed by atoms with Gasteiger partial charge in [0, 0.05) is 12.1 Å². The van der Waals surface area contributed by atoms with Gasteiger partial charge in [0.15, 0.2) is 19.0 Å². The van der Waals surface area contributed by atoms with Gasteiger partial charge in [0.2, 0.25) is 5.91 Å². The summed E-state index contributed by atoms with van der Waals surface area (Å²) in [5.41, 5.74) is 1.93. The minimum absolute atomic E-state index is 0.127. The second-order valence-corrected chi connectivity index (χ2v) is 8.59. The van der Waals surface area contributed by atoms with Gasteiger partial charge in [-0.15, -0.1) is 0 Å². The lowest BCUT2D eigenvalue weighted by molar-refractivity contribution is -0.125. The molecule has 2 aromatic carbocycles. The number of rotatable bonds is 9. The Labute approximate surface area is 188 Å². The van der Waals surface area contributed by atoms with Gasteiger partial charge in [-0.05, 0) is 47.7 Å². The van der Waals surface area contributed by atoms with E-state index in [2.05, 4.69) is 19.2 Å². The summed E-state index contributed by atoms with van der Waals surface area (Å²) in [6, 6.07) is 12.5. The van der Waals surface area contributed by atoms with Crippen molar-refractivity contribution in [2.75, 3.05) is 31.2 Å². The molecular weight excluding hydrogens is 408 g/mol. The quantitative estimate of drug-likeness (QED) is 0.605. The van der Waals surface area contributed by atoms with Crippen molar-refractivity contribution in [3.05, 3.63) is 53.6 Å². The predicted octanol–water partition coefficient (Wildman–Crippen LogP) is 3.57. The van der Waals surface area contributed by atoms with Crippen LogP contribution in [-0.4, -0.2) is 43.9 Å². The zero-order valence-electron chi connectivity index (χ0n) is 19.0. The Morgan fingerprint density at radius 3 is 2.62 bits per heavy atom. The lowest BCUT2D eigenvalue weighted by atomic mass is 10.0. The Bertz CT molecular complexity index is 1000. The highest BCUT2D eigenvalue weighted by atomic mass is 16.5. The molecule has 1 heterocycles. The number of amides is 2. The Kier molecular flexibility index (Phi) is 7.51. The molecule has 32 heavy (non-hydrogen) atoms. The first-order valence-corrected chi connectivity index (χ1v) is 10.8. The van der Waals surface area contributed by atoms with Gasteiger partial charge in [-0.3, -0.25) is 19.3 Å². The maximum Gasteiger partial charge on any atom is 0.265 e. The smallest absolute Gasteiger partial charge is 0.265 e. The second kappa shape index (κ2) is 10.3. The van der Waals surface area contributed by atoms with Crippen LogP contribution in [0.1, 0.15) is 49.5 Å². The minimum Gasteiger partial charge on any atom is -0.485 e. The van der Waals surface area contributed by atoms with E-state index in [1.807, 2.05) is 38.1 Å². The average Bonchev–Trinajstić information content (AvgIpc) is 2.77. The van der Waals surface area contributed by atoms with Gasteiger partial charge in [-0.1, -0.05) is 39.8 Å². The zero-order valence-corrected chi connectivity index (χ0v) is 19.0. The summed E-state index contributed by atoms with van der Waals surface area (Å²) in [5.74, 6) is 0.930. The maximum absolute atomic E-state index is 12.8. The van der Waals surface area contributed by atoms with Crippen molar-refractivity contribution in [3.8, 4) is 11.5 Å². The fourth-order valence-electron chi connectivity index (χ4n) is 3.26. The van der Waals surface area contributed by atoms with E-state index in [4.69, 9.17) is 9.47 Å². The van der Waals surface area contributed by atoms with E-state index >= 15 is 0 Å². The largest absolute Gasteiger partial charge is 0.485 e. The molecule has 1 aliphatic heterocycles. The zero-order chi connectivity index (χ0) is 23.3. The Morgan fingerprint density at radius 1 is 1.12 bits per heavy atom. The molecule has 1 N–H and O–H groups in total. The normalized spacial score (nSPS) is 13.1. The number of ether oxygens (including phenoxy) is 2.